The third kappa shape index (κ3) is 2.58. The van der Waals surface area contributed by atoms with Crippen molar-refractivity contribution < 1.29 is 4.79 Å². The van der Waals surface area contributed by atoms with Crippen LogP contribution >= 0.6 is 0 Å². The maximum Gasteiger partial charge on any atom is 0.240 e. The van der Waals surface area contributed by atoms with Crippen molar-refractivity contribution in [2.45, 2.75) is 45.2 Å². The lowest BCUT2D eigenvalue weighted by Gasteiger charge is -2.12. The summed E-state index contributed by atoms with van der Waals surface area (Å²) in [6, 6.07) is 0.404. The van der Waals surface area contributed by atoms with Gasteiger partial charge in [-0.05, 0) is 19.8 Å². The van der Waals surface area contributed by atoms with E-state index in [0.29, 0.717) is 12.6 Å². The molecule has 0 aliphatic heterocycles. The van der Waals surface area contributed by atoms with Crippen LogP contribution in [0.2, 0.25) is 0 Å². The lowest BCUT2D eigenvalue weighted by molar-refractivity contribution is -0.122. The molecule has 0 spiro atoms. The van der Waals surface area contributed by atoms with Gasteiger partial charge in [0.15, 0.2) is 0 Å². The summed E-state index contributed by atoms with van der Waals surface area (Å²) in [5, 5.41) is 3.06. The number of carbonyl (C=O) groups excluding carboxylic acids is 1. The molecule has 1 aliphatic carbocycles. The van der Waals surface area contributed by atoms with Crippen molar-refractivity contribution in [3.63, 3.8) is 0 Å². The molecule has 1 amide bonds. The summed E-state index contributed by atoms with van der Waals surface area (Å²) in [7, 11) is 0. The molecule has 15 heavy (non-hydrogen) atoms. The molecule has 1 saturated carbocycles. The molecule has 2 rings (SSSR count). The number of nitrogens with zero attached hydrogens (tertiary/aromatic N) is 2. The topological polar surface area (TPSA) is 46.9 Å². The fourth-order valence-corrected chi connectivity index (χ4v) is 2.07. The standard InChI is InChI=1S/C11H17N3O/c1-9-12-6-7-14(9)8-11(15)13-10-4-2-3-5-10/h6-7,10H,2-5,8H2,1H3,(H,13,15). The Hall–Kier alpha value is -1.32. The summed E-state index contributed by atoms with van der Waals surface area (Å²) in [5.74, 6) is 0.986. The number of nitrogens with one attached hydrogen (secondary N) is 1. The van der Waals surface area contributed by atoms with Crippen LogP contribution in [0, 0.1) is 6.92 Å². The van der Waals surface area contributed by atoms with Crippen LogP contribution in [0.3, 0.4) is 0 Å². The Kier molecular flexibility index (Phi) is 3.04. The van der Waals surface area contributed by atoms with Crippen LogP contribution in [-0.4, -0.2) is 21.5 Å². The van der Waals surface area contributed by atoms with E-state index in [9.17, 15) is 4.79 Å². The molecule has 1 N–H and O–H groups in total. The number of aromatic nitrogens is 2. The molecule has 0 saturated heterocycles. The number of hydrogen-bond acceptors (Lipinski definition) is 2. The third-order valence-corrected chi connectivity index (χ3v) is 2.96. The van der Waals surface area contributed by atoms with Gasteiger partial charge in [0.25, 0.3) is 0 Å². The Morgan fingerprint density at radius 3 is 2.93 bits per heavy atom. The maximum absolute atomic E-state index is 11.7. The predicted molar refractivity (Wildman–Crippen MR) is 57.4 cm³/mol. The number of imidazole rings is 1. The Morgan fingerprint density at radius 1 is 1.60 bits per heavy atom. The Labute approximate surface area is 89.7 Å². The third-order valence-electron chi connectivity index (χ3n) is 2.96. The fraction of sp³-hybridized carbons (Fsp3) is 0.636. The quantitative estimate of drug-likeness (QED) is 0.810. The number of hydrogen-bond donors (Lipinski definition) is 1. The van der Waals surface area contributed by atoms with Crippen LogP contribution in [-0.2, 0) is 11.3 Å². The summed E-state index contributed by atoms with van der Waals surface area (Å²) in [5.41, 5.74) is 0. The first kappa shape index (κ1) is 10.2. The highest BCUT2D eigenvalue weighted by molar-refractivity contribution is 5.76. The van der Waals surface area contributed by atoms with E-state index >= 15 is 0 Å². The van der Waals surface area contributed by atoms with Crippen LogP contribution in [0.1, 0.15) is 31.5 Å². The van der Waals surface area contributed by atoms with Gasteiger partial charge in [-0.25, -0.2) is 4.98 Å². The molecule has 0 radical (unpaired) electrons. The molecule has 1 aliphatic rings. The Morgan fingerprint density at radius 2 is 2.33 bits per heavy atom. The van der Waals surface area contributed by atoms with Gasteiger partial charge in [0.2, 0.25) is 5.91 Å². The van der Waals surface area contributed by atoms with Crippen molar-refractivity contribution in [1.82, 2.24) is 14.9 Å². The molecule has 82 valence electrons. The van der Waals surface area contributed by atoms with Gasteiger partial charge in [0, 0.05) is 18.4 Å². The largest absolute Gasteiger partial charge is 0.352 e. The van der Waals surface area contributed by atoms with E-state index < -0.39 is 0 Å². The van der Waals surface area contributed by atoms with E-state index in [1.807, 2.05) is 17.7 Å². The normalized spacial score (nSPS) is 16.9. The second-order valence-electron chi connectivity index (χ2n) is 4.15. The monoisotopic (exact) mass is 207 g/mol. The van der Waals surface area contributed by atoms with Crippen molar-refractivity contribution in [1.29, 1.82) is 0 Å². The number of rotatable bonds is 3. The molecule has 0 atom stereocenters. The molecule has 1 fully saturated rings. The summed E-state index contributed by atoms with van der Waals surface area (Å²) >= 11 is 0. The summed E-state index contributed by atoms with van der Waals surface area (Å²) in [6.45, 7) is 2.30. The molecule has 4 nitrogen and oxygen atoms in total. The zero-order valence-corrected chi connectivity index (χ0v) is 9.07. The van der Waals surface area contributed by atoms with Crippen molar-refractivity contribution in [2.75, 3.05) is 0 Å². The fourth-order valence-electron chi connectivity index (χ4n) is 2.07. The molecular weight excluding hydrogens is 190 g/mol. The van der Waals surface area contributed by atoms with Gasteiger partial charge in [-0.2, -0.15) is 0 Å². The molecule has 4 heteroatoms. The molecule has 0 aromatic carbocycles. The smallest absolute Gasteiger partial charge is 0.240 e. The summed E-state index contributed by atoms with van der Waals surface area (Å²) in [6.07, 6.45) is 8.31. The minimum Gasteiger partial charge on any atom is -0.352 e. The molecule has 0 unspecified atom stereocenters. The molecular formula is C11H17N3O. The second-order valence-corrected chi connectivity index (χ2v) is 4.15. The molecule has 1 heterocycles. The maximum atomic E-state index is 11.7. The van der Waals surface area contributed by atoms with Crippen molar-refractivity contribution in [3.8, 4) is 0 Å². The predicted octanol–water partition coefficient (Wildman–Crippen LogP) is 1.25. The first-order chi connectivity index (χ1) is 7.25. The molecule has 0 bridgehead atoms. The van der Waals surface area contributed by atoms with Gasteiger partial charge in [-0.1, -0.05) is 12.8 Å². The van der Waals surface area contributed by atoms with Crippen LogP contribution in [0.4, 0.5) is 0 Å². The lowest BCUT2D eigenvalue weighted by atomic mass is 10.2. The van der Waals surface area contributed by atoms with Crippen molar-refractivity contribution in [3.05, 3.63) is 18.2 Å². The average Bonchev–Trinajstić information content (AvgIpc) is 2.79. The van der Waals surface area contributed by atoms with Crippen molar-refractivity contribution in [2.24, 2.45) is 0 Å². The minimum absolute atomic E-state index is 0.100. The Balaban J connectivity index is 1.84. The van der Waals surface area contributed by atoms with Gasteiger partial charge in [0.1, 0.15) is 12.4 Å². The number of carbonyl (C=O) groups is 1. The highest BCUT2D eigenvalue weighted by Gasteiger charge is 2.17. The summed E-state index contributed by atoms with van der Waals surface area (Å²) in [4.78, 5) is 15.7. The van der Waals surface area contributed by atoms with Crippen LogP contribution < -0.4 is 5.32 Å². The SMILES string of the molecule is Cc1nccn1CC(=O)NC1CCCC1. The van der Waals surface area contributed by atoms with E-state index in [4.69, 9.17) is 0 Å². The zero-order chi connectivity index (χ0) is 10.7. The van der Waals surface area contributed by atoms with E-state index in [2.05, 4.69) is 10.3 Å². The second kappa shape index (κ2) is 4.47. The van der Waals surface area contributed by atoms with Gasteiger partial charge >= 0.3 is 0 Å². The Bertz CT molecular complexity index is 339. The van der Waals surface area contributed by atoms with Gasteiger partial charge in [-0.15, -0.1) is 0 Å². The lowest BCUT2D eigenvalue weighted by Crippen LogP contribution is -2.35. The zero-order valence-electron chi connectivity index (χ0n) is 9.07. The van der Waals surface area contributed by atoms with Gasteiger partial charge in [0.05, 0.1) is 0 Å². The highest BCUT2D eigenvalue weighted by Crippen LogP contribution is 2.17. The van der Waals surface area contributed by atoms with E-state index in [0.717, 1.165) is 18.7 Å². The van der Waals surface area contributed by atoms with Gasteiger partial charge < -0.3 is 9.88 Å². The number of aryl methyl sites for hydroxylation is 1. The van der Waals surface area contributed by atoms with Gasteiger partial charge in [-0.3, -0.25) is 4.79 Å². The first-order valence-electron chi connectivity index (χ1n) is 5.53. The van der Waals surface area contributed by atoms with E-state index in [-0.39, 0.29) is 5.91 Å². The summed E-state index contributed by atoms with van der Waals surface area (Å²) < 4.78 is 1.87. The highest BCUT2D eigenvalue weighted by atomic mass is 16.2. The van der Waals surface area contributed by atoms with Crippen LogP contribution in [0.25, 0.3) is 0 Å². The van der Waals surface area contributed by atoms with Crippen LogP contribution in [0.5, 0.6) is 0 Å². The minimum atomic E-state index is 0.100. The molecule has 1 aromatic rings. The van der Waals surface area contributed by atoms with Crippen molar-refractivity contribution >= 4 is 5.91 Å². The first-order valence-corrected chi connectivity index (χ1v) is 5.53. The van der Waals surface area contributed by atoms with E-state index in [1.165, 1.54) is 12.8 Å². The van der Waals surface area contributed by atoms with Crippen LogP contribution in [0.15, 0.2) is 12.4 Å². The van der Waals surface area contributed by atoms with E-state index in [1.54, 1.807) is 6.20 Å². The number of amides is 1. The average molecular weight is 207 g/mol. The molecule has 1 aromatic heterocycles.